The summed E-state index contributed by atoms with van der Waals surface area (Å²) in [6.45, 7) is 1.17. The summed E-state index contributed by atoms with van der Waals surface area (Å²) in [6, 6.07) is 8.48. The van der Waals surface area contributed by atoms with Crippen LogP contribution in [0.1, 0.15) is 24.3 Å². The van der Waals surface area contributed by atoms with Crippen LogP contribution in [0.3, 0.4) is 0 Å². The van der Waals surface area contributed by atoms with Gasteiger partial charge in [0.2, 0.25) is 0 Å². The lowest BCUT2D eigenvalue weighted by atomic mass is 9.96. The van der Waals surface area contributed by atoms with Gasteiger partial charge in [0.1, 0.15) is 12.4 Å². The van der Waals surface area contributed by atoms with E-state index in [0.717, 1.165) is 5.75 Å². The third kappa shape index (κ3) is 3.16. The zero-order valence-electron chi connectivity index (χ0n) is 9.52. The molecular weight excluding hydrogens is 218 g/mol. The molecule has 0 radical (unpaired) electrons. The van der Waals surface area contributed by atoms with Crippen LogP contribution in [-0.2, 0) is 0 Å². The van der Waals surface area contributed by atoms with Crippen LogP contribution in [-0.4, -0.2) is 24.7 Å². The van der Waals surface area contributed by atoms with Crippen molar-refractivity contribution >= 4 is 11.8 Å². The molecule has 2 N–H and O–H groups in total. The first-order valence-corrected chi connectivity index (χ1v) is 7.06. The van der Waals surface area contributed by atoms with E-state index in [1.54, 1.807) is 0 Å². The zero-order chi connectivity index (χ0) is 11.2. The smallest absolute Gasteiger partial charge is 0.119 e. The Balaban J connectivity index is 2.02. The van der Waals surface area contributed by atoms with Crippen LogP contribution in [0.4, 0.5) is 0 Å². The third-order valence-electron chi connectivity index (χ3n) is 2.88. The quantitative estimate of drug-likeness (QED) is 0.874. The minimum absolute atomic E-state index is 0.573. The molecule has 1 aliphatic rings. The highest BCUT2D eigenvalue weighted by molar-refractivity contribution is 7.99. The number of ether oxygens (including phenoxy) is 1. The van der Waals surface area contributed by atoms with Gasteiger partial charge in [-0.2, -0.15) is 11.8 Å². The van der Waals surface area contributed by atoms with Gasteiger partial charge in [0.05, 0.1) is 0 Å². The number of nitrogens with two attached hydrogens (primary N) is 1. The molecule has 0 aliphatic carbocycles. The summed E-state index contributed by atoms with van der Waals surface area (Å²) < 4.78 is 5.55. The van der Waals surface area contributed by atoms with Crippen molar-refractivity contribution in [2.45, 2.75) is 18.8 Å². The van der Waals surface area contributed by atoms with Crippen molar-refractivity contribution in [3.8, 4) is 5.75 Å². The first kappa shape index (κ1) is 11.8. The molecule has 0 spiro atoms. The van der Waals surface area contributed by atoms with Crippen molar-refractivity contribution in [3.63, 3.8) is 0 Å². The van der Waals surface area contributed by atoms with Gasteiger partial charge in [-0.3, -0.25) is 0 Å². The van der Waals surface area contributed by atoms with Gasteiger partial charge in [0, 0.05) is 12.3 Å². The van der Waals surface area contributed by atoms with Gasteiger partial charge in [0.15, 0.2) is 0 Å². The molecule has 3 heteroatoms. The molecule has 0 amide bonds. The van der Waals surface area contributed by atoms with E-state index in [9.17, 15) is 0 Å². The van der Waals surface area contributed by atoms with E-state index < -0.39 is 0 Å². The van der Waals surface area contributed by atoms with Crippen LogP contribution in [0.2, 0.25) is 0 Å². The molecular formula is C13H19NOS. The molecule has 2 nitrogen and oxygen atoms in total. The van der Waals surface area contributed by atoms with Crippen LogP contribution < -0.4 is 10.5 Å². The summed E-state index contributed by atoms with van der Waals surface area (Å²) in [5.41, 5.74) is 6.85. The van der Waals surface area contributed by atoms with E-state index in [1.807, 2.05) is 6.07 Å². The second-order valence-corrected chi connectivity index (χ2v) is 5.27. The summed E-state index contributed by atoms with van der Waals surface area (Å²) in [5, 5.41) is 0. The van der Waals surface area contributed by atoms with Gasteiger partial charge in [0.25, 0.3) is 0 Å². The molecule has 1 aromatic rings. The molecule has 88 valence electrons. The van der Waals surface area contributed by atoms with Crippen LogP contribution in [0, 0.1) is 0 Å². The van der Waals surface area contributed by atoms with E-state index in [4.69, 9.17) is 10.5 Å². The highest BCUT2D eigenvalue weighted by atomic mass is 32.2. The Bertz CT molecular complexity index is 323. The Hall–Kier alpha value is -0.670. The lowest BCUT2D eigenvalue weighted by molar-refractivity contribution is 0.328. The number of hydrogen-bond acceptors (Lipinski definition) is 3. The maximum absolute atomic E-state index is 5.55. The summed E-state index contributed by atoms with van der Waals surface area (Å²) in [4.78, 5) is 0. The maximum Gasteiger partial charge on any atom is 0.119 e. The standard InChI is InChI=1S/C13H19NOS/c14-6-7-15-13-5-1-3-11(9-13)12-4-2-8-16-10-12/h1,3,5,9,12H,2,4,6-8,10,14H2. The van der Waals surface area contributed by atoms with Gasteiger partial charge < -0.3 is 10.5 Å². The molecule has 1 saturated heterocycles. The fraction of sp³-hybridized carbons (Fsp3) is 0.538. The van der Waals surface area contributed by atoms with Crippen molar-refractivity contribution in [2.24, 2.45) is 5.73 Å². The minimum atomic E-state index is 0.573. The monoisotopic (exact) mass is 237 g/mol. The van der Waals surface area contributed by atoms with Crippen molar-refractivity contribution in [2.75, 3.05) is 24.7 Å². The molecule has 0 saturated carbocycles. The van der Waals surface area contributed by atoms with E-state index in [2.05, 4.69) is 30.0 Å². The van der Waals surface area contributed by atoms with Crippen molar-refractivity contribution in [1.82, 2.24) is 0 Å². The second-order valence-electron chi connectivity index (χ2n) is 4.12. The normalized spacial score (nSPS) is 20.7. The van der Waals surface area contributed by atoms with Crippen LogP contribution in [0.5, 0.6) is 5.75 Å². The number of rotatable bonds is 4. The Morgan fingerprint density at radius 2 is 2.38 bits per heavy atom. The highest BCUT2D eigenvalue weighted by Gasteiger charge is 2.15. The van der Waals surface area contributed by atoms with Crippen molar-refractivity contribution in [3.05, 3.63) is 29.8 Å². The molecule has 1 heterocycles. The van der Waals surface area contributed by atoms with Crippen molar-refractivity contribution in [1.29, 1.82) is 0 Å². The fourth-order valence-electron chi connectivity index (χ4n) is 2.04. The number of thioether (sulfide) groups is 1. The van der Waals surface area contributed by atoms with Crippen molar-refractivity contribution < 1.29 is 4.74 Å². The number of hydrogen-bond donors (Lipinski definition) is 1. The maximum atomic E-state index is 5.55. The summed E-state index contributed by atoms with van der Waals surface area (Å²) in [6.07, 6.45) is 2.65. The molecule has 1 fully saturated rings. The van der Waals surface area contributed by atoms with Gasteiger partial charge >= 0.3 is 0 Å². The molecule has 1 aromatic carbocycles. The molecule has 16 heavy (non-hydrogen) atoms. The average molecular weight is 237 g/mol. The van der Waals surface area contributed by atoms with Crippen LogP contribution in [0.25, 0.3) is 0 Å². The molecule has 0 aromatic heterocycles. The Kier molecular flexibility index (Phi) is 4.55. The lowest BCUT2D eigenvalue weighted by Gasteiger charge is -2.22. The largest absolute Gasteiger partial charge is 0.492 e. The zero-order valence-corrected chi connectivity index (χ0v) is 10.3. The van der Waals surface area contributed by atoms with Gasteiger partial charge in [-0.05, 0) is 42.2 Å². The Morgan fingerprint density at radius 1 is 1.44 bits per heavy atom. The Morgan fingerprint density at radius 3 is 3.12 bits per heavy atom. The molecule has 1 unspecified atom stereocenters. The van der Waals surface area contributed by atoms with Gasteiger partial charge in [-0.1, -0.05) is 12.1 Å². The molecule has 1 aliphatic heterocycles. The second kappa shape index (κ2) is 6.16. The fourth-order valence-corrected chi connectivity index (χ4v) is 3.22. The predicted octanol–water partition coefficient (Wildman–Crippen LogP) is 2.63. The van der Waals surface area contributed by atoms with E-state index in [0.29, 0.717) is 19.1 Å². The first-order chi connectivity index (χ1) is 7.90. The van der Waals surface area contributed by atoms with Gasteiger partial charge in [-0.15, -0.1) is 0 Å². The third-order valence-corrected chi connectivity index (χ3v) is 4.09. The van der Waals surface area contributed by atoms with Crippen LogP contribution >= 0.6 is 11.8 Å². The Labute approximate surface area is 102 Å². The summed E-state index contributed by atoms with van der Waals surface area (Å²) in [7, 11) is 0. The first-order valence-electron chi connectivity index (χ1n) is 5.90. The van der Waals surface area contributed by atoms with E-state index >= 15 is 0 Å². The summed E-state index contributed by atoms with van der Waals surface area (Å²) in [5.74, 6) is 4.24. The molecule has 1 atom stereocenters. The average Bonchev–Trinajstić information content (AvgIpc) is 2.38. The highest BCUT2D eigenvalue weighted by Crippen LogP contribution is 2.32. The number of benzene rings is 1. The van der Waals surface area contributed by atoms with E-state index in [1.165, 1.54) is 29.9 Å². The topological polar surface area (TPSA) is 35.2 Å². The van der Waals surface area contributed by atoms with E-state index in [-0.39, 0.29) is 0 Å². The molecule has 0 bridgehead atoms. The lowest BCUT2D eigenvalue weighted by Crippen LogP contribution is -2.11. The van der Waals surface area contributed by atoms with Gasteiger partial charge in [-0.25, -0.2) is 0 Å². The SMILES string of the molecule is NCCOc1cccc(C2CCCSC2)c1. The predicted molar refractivity (Wildman–Crippen MR) is 70.3 cm³/mol. The van der Waals surface area contributed by atoms with Crippen LogP contribution in [0.15, 0.2) is 24.3 Å². The minimum Gasteiger partial charge on any atom is -0.492 e. The molecule has 2 rings (SSSR count). The summed E-state index contributed by atoms with van der Waals surface area (Å²) >= 11 is 2.06.